The molecule has 11 heteroatoms. The van der Waals surface area contributed by atoms with Gasteiger partial charge in [0.05, 0.1) is 29.8 Å². The van der Waals surface area contributed by atoms with E-state index in [1.807, 2.05) is 6.07 Å². The summed E-state index contributed by atoms with van der Waals surface area (Å²) in [5.74, 6) is -0.858. The van der Waals surface area contributed by atoms with Crippen molar-refractivity contribution in [1.82, 2.24) is 19.9 Å². The molecule has 1 aliphatic heterocycles. The number of nitrogens with one attached hydrogen (secondary N) is 2. The van der Waals surface area contributed by atoms with Gasteiger partial charge in [-0.1, -0.05) is 0 Å². The molecule has 8 nitrogen and oxygen atoms in total. The van der Waals surface area contributed by atoms with Crippen LogP contribution in [-0.2, 0) is 4.79 Å². The molecule has 1 atom stereocenters. The third-order valence-corrected chi connectivity index (χ3v) is 6.05. The summed E-state index contributed by atoms with van der Waals surface area (Å²) in [6.07, 6.45) is 1.74. The summed E-state index contributed by atoms with van der Waals surface area (Å²) in [6.45, 7) is 1.84. The van der Waals surface area contributed by atoms with Gasteiger partial charge in [0.2, 0.25) is 5.95 Å². The number of halogens is 3. The summed E-state index contributed by atoms with van der Waals surface area (Å²) in [5, 5.41) is 29.4. The van der Waals surface area contributed by atoms with Gasteiger partial charge in [0.15, 0.2) is 0 Å². The number of nitrogens with zero attached hydrogens (tertiary/aromatic N) is 3. The molecule has 4 N–H and O–H groups in total. The van der Waals surface area contributed by atoms with Crippen LogP contribution in [0, 0.1) is 0 Å². The van der Waals surface area contributed by atoms with Gasteiger partial charge in [-0.25, -0.2) is 14.3 Å². The van der Waals surface area contributed by atoms with Crippen molar-refractivity contribution in [2.24, 2.45) is 0 Å². The molecule has 3 heterocycles. The first-order valence-corrected chi connectivity index (χ1v) is 10.9. The predicted molar refractivity (Wildman–Crippen MR) is 116 cm³/mol. The molecule has 2 aromatic heterocycles. The molecule has 0 bridgehead atoms. The lowest BCUT2D eigenvalue weighted by Gasteiger charge is -2.25. The number of dihydropyridines is 1. The van der Waals surface area contributed by atoms with E-state index in [0.717, 1.165) is 29.7 Å². The zero-order valence-corrected chi connectivity index (χ0v) is 18.1. The van der Waals surface area contributed by atoms with Crippen LogP contribution < -0.4 is 10.6 Å². The van der Waals surface area contributed by atoms with Gasteiger partial charge in [-0.05, 0) is 50.3 Å². The molecular formula is C22H26F3N5O3. The summed E-state index contributed by atoms with van der Waals surface area (Å²) in [5.41, 5.74) is 3.16. The molecule has 1 fully saturated rings. The van der Waals surface area contributed by atoms with E-state index in [0.29, 0.717) is 24.9 Å². The molecule has 1 aliphatic carbocycles. The van der Waals surface area contributed by atoms with Gasteiger partial charge in [-0.2, -0.15) is 13.2 Å². The Kier molecular flexibility index (Phi) is 6.33. The molecule has 0 saturated heterocycles. The molecule has 0 amide bonds. The first-order chi connectivity index (χ1) is 15.6. The van der Waals surface area contributed by atoms with Crippen molar-refractivity contribution in [3.8, 4) is 0 Å². The van der Waals surface area contributed by atoms with Gasteiger partial charge in [0, 0.05) is 36.0 Å². The highest BCUT2D eigenvalue weighted by Crippen LogP contribution is 2.37. The second-order valence-electron chi connectivity index (χ2n) is 8.69. The Hall–Kier alpha value is -3.08. The number of anilines is 1. The van der Waals surface area contributed by atoms with Crippen LogP contribution in [0.3, 0.4) is 0 Å². The number of hydrogen-bond donors (Lipinski definition) is 4. The molecule has 1 saturated carbocycles. The molecule has 0 aromatic carbocycles. The smallest absolute Gasteiger partial charge is 0.391 e. The van der Waals surface area contributed by atoms with E-state index < -0.39 is 24.6 Å². The maximum Gasteiger partial charge on any atom is 0.391 e. The zero-order valence-electron chi connectivity index (χ0n) is 18.1. The first kappa shape index (κ1) is 23.1. The number of carbonyl (C=O) groups is 1. The molecule has 33 heavy (non-hydrogen) atoms. The van der Waals surface area contributed by atoms with Crippen molar-refractivity contribution in [2.45, 2.75) is 63.3 Å². The van der Waals surface area contributed by atoms with Crippen LogP contribution in [0.4, 0.5) is 19.1 Å². The number of aliphatic hydroxyl groups excluding tert-OH is 1. The molecule has 0 spiro atoms. The van der Waals surface area contributed by atoms with E-state index in [9.17, 15) is 28.2 Å². The number of fused-ring (bicyclic) bond motifs is 1. The third kappa shape index (κ3) is 5.29. The topological polar surface area (TPSA) is 112 Å². The summed E-state index contributed by atoms with van der Waals surface area (Å²) >= 11 is 0. The lowest BCUT2D eigenvalue weighted by atomic mass is 9.85. The maximum absolute atomic E-state index is 12.7. The highest BCUT2D eigenvalue weighted by Gasteiger charge is 2.31. The molecule has 2 aliphatic rings. The SMILES string of the molecule is C[C@@H](CC(F)(F)F)Nc1ncc2c(C3=CC(C(=O)O)=CNC3)cc([C@H]3CC[C@H](O)CC3)n2n1. The van der Waals surface area contributed by atoms with Crippen LogP contribution >= 0.6 is 0 Å². The van der Waals surface area contributed by atoms with Crippen LogP contribution in [0.25, 0.3) is 11.1 Å². The Morgan fingerprint density at radius 3 is 2.73 bits per heavy atom. The number of aliphatic carboxylic acids is 1. The van der Waals surface area contributed by atoms with Crippen LogP contribution in [0.1, 0.15) is 56.2 Å². The number of aliphatic hydroxyl groups is 1. The minimum absolute atomic E-state index is 0.0837. The quantitative estimate of drug-likeness (QED) is 0.517. The molecule has 4 rings (SSSR count). The Balaban J connectivity index is 1.73. The van der Waals surface area contributed by atoms with Gasteiger partial charge in [0.1, 0.15) is 0 Å². The summed E-state index contributed by atoms with van der Waals surface area (Å²) in [6, 6.07) is 1.05. The third-order valence-electron chi connectivity index (χ3n) is 6.05. The largest absolute Gasteiger partial charge is 0.478 e. The lowest BCUT2D eigenvalue weighted by molar-refractivity contribution is -0.136. The van der Waals surface area contributed by atoms with E-state index in [2.05, 4.69) is 20.7 Å². The number of carboxylic acid groups (broad SMARTS) is 1. The normalized spacial score (nSPS) is 22.3. The van der Waals surface area contributed by atoms with Gasteiger partial charge < -0.3 is 20.8 Å². The van der Waals surface area contributed by atoms with Crippen molar-refractivity contribution in [3.05, 3.63) is 41.4 Å². The van der Waals surface area contributed by atoms with E-state index >= 15 is 0 Å². The van der Waals surface area contributed by atoms with Gasteiger partial charge in [-0.3, -0.25) is 0 Å². The van der Waals surface area contributed by atoms with Crippen molar-refractivity contribution in [3.63, 3.8) is 0 Å². The minimum Gasteiger partial charge on any atom is -0.478 e. The van der Waals surface area contributed by atoms with Gasteiger partial charge in [0.25, 0.3) is 0 Å². The van der Waals surface area contributed by atoms with Crippen LogP contribution in [0.15, 0.2) is 30.1 Å². The average molecular weight is 465 g/mol. The van der Waals surface area contributed by atoms with E-state index in [4.69, 9.17) is 0 Å². The first-order valence-electron chi connectivity index (χ1n) is 10.9. The van der Waals surface area contributed by atoms with Crippen molar-refractivity contribution >= 4 is 23.0 Å². The van der Waals surface area contributed by atoms with E-state index in [1.165, 1.54) is 13.1 Å². The Morgan fingerprint density at radius 2 is 2.06 bits per heavy atom. The Labute approximate surface area is 188 Å². The summed E-state index contributed by atoms with van der Waals surface area (Å²) in [4.78, 5) is 15.7. The summed E-state index contributed by atoms with van der Waals surface area (Å²) < 4.78 is 39.9. The Bertz CT molecular complexity index is 1100. The van der Waals surface area contributed by atoms with Gasteiger partial charge >= 0.3 is 12.1 Å². The highest BCUT2D eigenvalue weighted by molar-refractivity contribution is 5.95. The number of rotatable bonds is 6. The number of carboxylic acids is 1. The van der Waals surface area contributed by atoms with E-state index in [1.54, 1.807) is 16.8 Å². The van der Waals surface area contributed by atoms with Crippen LogP contribution in [0.5, 0.6) is 0 Å². The van der Waals surface area contributed by atoms with Crippen molar-refractivity contribution in [2.75, 3.05) is 11.9 Å². The van der Waals surface area contributed by atoms with Crippen molar-refractivity contribution in [1.29, 1.82) is 0 Å². The zero-order chi connectivity index (χ0) is 23.8. The second-order valence-corrected chi connectivity index (χ2v) is 8.69. The standard InChI is InChI=1S/C22H26F3N5O3/c1-12(8-22(23,24)25)28-21-27-11-19-17(14-6-15(20(32)33)10-26-9-14)7-18(30(19)29-21)13-2-4-16(31)5-3-13/h6-7,10-13,16,26,31H,2-5,8-9H2,1H3,(H,28,29)(H,32,33)/t12-,13-,16-/m0/s1. The van der Waals surface area contributed by atoms with Gasteiger partial charge in [-0.15, -0.1) is 5.10 Å². The number of hydrogen-bond acceptors (Lipinski definition) is 6. The lowest BCUT2D eigenvalue weighted by Crippen LogP contribution is -2.25. The number of alkyl halides is 3. The Morgan fingerprint density at radius 1 is 1.33 bits per heavy atom. The fourth-order valence-corrected chi connectivity index (χ4v) is 4.47. The fraction of sp³-hybridized carbons (Fsp3) is 0.500. The number of aromatic nitrogens is 3. The second kappa shape index (κ2) is 9.05. The monoisotopic (exact) mass is 465 g/mol. The van der Waals surface area contributed by atoms with Crippen molar-refractivity contribution < 1.29 is 28.2 Å². The minimum atomic E-state index is -4.30. The van der Waals surface area contributed by atoms with Crippen LogP contribution in [0.2, 0.25) is 0 Å². The van der Waals surface area contributed by atoms with Crippen LogP contribution in [-0.4, -0.2) is 55.6 Å². The molecule has 178 valence electrons. The predicted octanol–water partition coefficient (Wildman–Crippen LogP) is 3.46. The average Bonchev–Trinajstić information content (AvgIpc) is 3.12. The molecule has 0 radical (unpaired) electrons. The highest BCUT2D eigenvalue weighted by atomic mass is 19.4. The van der Waals surface area contributed by atoms with E-state index in [-0.39, 0.29) is 23.5 Å². The molecular weight excluding hydrogens is 439 g/mol. The maximum atomic E-state index is 12.7. The molecule has 0 unspecified atom stereocenters. The summed E-state index contributed by atoms with van der Waals surface area (Å²) in [7, 11) is 0. The molecule has 2 aromatic rings. The fourth-order valence-electron chi connectivity index (χ4n) is 4.47.